The maximum Gasteiger partial charge on any atom is 0.416 e. The number of alkyl halides is 3. The number of carbonyl (C=O) groups excluding carboxylic acids is 1. The summed E-state index contributed by atoms with van der Waals surface area (Å²) in [7, 11) is 1.40. The number of ether oxygens (including phenoxy) is 2. The highest BCUT2D eigenvalue weighted by atomic mass is 19.4. The highest BCUT2D eigenvalue weighted by molar-refractivity contribution is 5.69. The molecule has 0 N–H and O–H groups in total. The van der Waals surface area contributed by atoms with Gasteiger partial charge in [-0.15, -0.1) is 0 Å². The maximum atomic E-state index is 13.2. The summed E-state index contributed by atoms with van der Waals surface area (Å²) in [4.78, 5) is 14.5. The first-order valence-corrected chi connectivity index (χ1v) is 12.7. The lowest BCUT2D eigenvalue weighted by Gasteiger charge is -2.45. The van der Waals surface area contributed by atoms with Crippen molar-refractivity contribution in [1.29, 1.82) is 0 Å². The number of piperidine rings is 1. The summed E-state index contributed by atoms with van der Waals surface area (Å²) < 4.78 is 50.0. The Morgan fingerprint density at radius 2 is 1.76 bits per heavy atom. The van der Waals surface area contributed by atoms with E-state index in [1.165, 1.54) is 19.2 Å². The second-order valence-electron chi connectivity index (χ2n) is 10.5. The SMILES string of the molecule is COC(=O)C[C@@H]1CCN([C@H](CCC(C)C)CC2CCOCC2)[C@H](c2ccc(C(F)(F)F)cc2)C1. The molecule has 3 atom stereocenters. The number of benzene rings is 1. The number of halogens is 3. The van der Waals surface area contributed by atoms with E-state index in [4.69, 9.17) is 9.47 Å². The molecule has 0 aromatic heterocycles. The number of hydrogen-bond acceptors (Lipinski definition) is 4. The van der Waals surface area contributed by atoms with Crippen LogP contribution >= 0.6 is 0 Å². The quantitative estimate of drug-likeness (QED) is 0.369. The van der Waals surface area contributed by atoms with Crippen molar-refractivity contribution in [2.45, 2.75) is 83.5 Å². The second kappa shape index (κ2) is 12.4. The lowest BCUT2D eigenvalue weighted by Crippen LogP contribution is -2.45. The Kier molecular flexibility index (Phi) is 9.84. The average Bonchev–Trinajstić information content (AvgIpc) is 2.82. The Labute approximate surface area is 202 Å². The first-order valence-electron chi connectivity index (χ1n) is 12.7. The Hall–Kier alpha value is -1.60. The van der Waals surface area contributed by atoms with E-state index in [2.05, 4.69) is 18.7 Å². The fraction of sp³-hybridized carbons (Fsp3) is 0.741. The van der Waals surface area contributed by atoms with Crippen LogP contribution in [0.1, 0.15) is 82.4 Å². The summed E-state index contributed by atoms with van der Waals surface area (Å²) in [6.07, 6.45) is 3.10. The highest BCUT2D eigenvalue weighted by Gasteiger charge is 2.37. The minimum Gasteiger partial charge on any atom is -0.469 e. The molecule has 0 saturated carbocycles. The van der Waals surface area contributed by atoms with Gasteiger partial charge < -0.3 is 9.47 Å². The Bertz CT molecular complexity index is 759. The molecule has 2 heterocycles. The summed E-state index contributed by atoms with van der Waals surface area (Å²) in [5.74, 6) is 1.17. The molecular formula is C27H40F3NO3. The molecule has 1 aromatic carbocycles. The third-order valence-electron chi connectivity index (χ3n) is 7.55. The van der Waals surface area contributed by atoms with Crippen molar-refractivity contribution in [3.63, 3.8) is 0 Å². The topological polar surface area (TPSA) is 38.8 Å². The molecule has 2 aliphatic rings. The molecule has 2 aliphatic heterocycles. The minimum atomic E-state index is -4.35. The molecule has 0 bridgehead atoms. The van der Waals surface area contributed by atoms with Gasteiger partial charge in [-0.1, -0.05) is 26.0 Å². The maximum absolute atomic E-state index is 13.2. The lowest BCUT2D eigenvalue weighted by atomic mass is 9.81. The molecule has 0 aliphatic carbocycles. The number of hydrogen-bond donors (Lipinski definition) is 0. The van der Waals surface area contributed by atoms with E-state index in [1.54, 1.807) is 12.1 Å². The smallest absolute Gasteiger partial charge is 0.416 e. The Morgan fingerprint density at radius 1 is 1.09 bits per heavy atom. The summed E-state index contributed by atoms with van der Waals surface area (Å²) in [6.45, 7) is 6.94. The monoisotopic (exact) mass is 483 g/mol. The summed E-state index contributed by atoms with van der Waals surface area (Å²) in [5.41, 5.74) is 0.285. The van der Waals surface area contributed by atoms with Crippen LogP contribution in [0.5, 0.6) is 0 Å². The third kappa shape index (κ3) is 7.70. The molecule has 7 heteroatoms. The van der Waals surface area contributed by atoms with Crippen LogP contribution in [0.3, 0.4) is 0 Å². The fourth-order valence-electron chi connectivity index (χ4n) is 5.53. The van der Waals surface area contributed by atoms with Crippen molar-refractivity contribution in [2.75, 3.05) is 26.9 Å². The van der Waals surface area contributed by atoms with Crippen molar-refractivity contribution in [1.82, 2.24) is 4.90 Å². The molecule has 0 amide bonds. The predicted octanol–water partition coefficient (Wildman–Crippen LogP) is 6.64. The molecule has 2 saturated heterocycles. The molecule has 192 valence electrons. The van der Waals surface area contributed by atoms with E-state index in [-0.39, 0.29) is 17.9 Å². The van der Waals surface area contributed by atoms with E-state index in [0.29, 0.717) is 24.3 Å². The number of esters is 1. The zero-order chi connectivity index (χ0) is 24.7. The van der Waals surface area contributed by atoms with Crippen molar-refractivity contribution in [3.05, 3.63) is 35.4 Å². The van der Waals surface area contributed by atoms with Gasteiger partial charge in [0.15, 0.2) is 0 Å². The zero-order valence-corrected chi connectivity index (χ0v) is 20.8. The van der Waals surface area contributed by atoms with E-state index in [0.717, 1.165) is 70.3 Å². The van der Waals surface area contributed by atoms with Crippen molar-refractivity contribution >= 4 is 5.97 Å². The van der Waals surface area contributed by atoms with Gasteiger partial charge in [-0.05, 0) is 86.9 Å². The molecule has 0 spiro atoms. The van der Waals surface area contributed by atoms with E-state index < -0.39 is 11.7 Å². The van der Waals surface area contributed by atoms with E-state index in [9.17, 15) is 18.0 Å². The number of rotatable bonds is 9. The van der Waals surface area contributed by atoms with Gasteiger partial charge >= 0.3 is 12.1 Å². The number of carbonyl (C=O) groups is 1. The van der Waals surface area contributed by atoms with Crippen LogP contribution in [0.4, 0.5) is 13.2 Å². The third-order valence-corrected chi connectivity index (χ3v) is 7.55. The Balaban J connectivity index is 1.85. The van der Waals surface area contributed by atoms with Gasteiger partial charge in [-0.2, -0.15) is 13.2 Å². The van der Waals surface area contributed by atoms with Gasteiger partial charge in [0.25, 0.3) is 0 Å². The normalized spacial score (nSPS) is 23.7. The standard InChI is InChI=1S/C27H40F3NO3/c1-19(2)4-9-24(16-20-11-14-34-15-12-20)31-13-10-21(18-26(32)33-3)17-25(31)22-5-7-23(8-6-22)27(28,29)30/h5-8,19-21,24-25H,4,9-18H2,1-3H3/t21-,24-,25+/m1/s1. The zero-order valence-electron chi connectivity index (χ0n) is 20.8. The number of nitrogens with zero attached hydrogens (tertiary/aromatic N) is 1. The highest BCUT2D eigenvalue weighted by Crippen LogP contribution is 2.41. The van der Waals surface area contributed by atoms with Gasteiger partial charge in [0.05, 0.1) is 12.7 Å². The lowest BCUT2D eigenvalue weighted by molar-refractivity contribution is -0.142. The first-order chi connectivity index (χ1) is 16.2. The second-order valence-corrected chi connectivity index (χ2v) is 10.5. The fourth-order valence-corrected chi connectivity index (χ4v) is 5.53. The number of methoxy groups -OCH3 is 1. The predicted molar refractivity (Wildman–Crippen MR) is 126 cm³/mol. The molecule has 4 nitrogen and oxygen atoms in total. The Morgan fingerprint density at radius 3 is 2.35 bits per heavy atom. The van der Waals surface area contributed by atoms with Crippen molar-refractivity contribution < 1.29 is 27.4 Å². The van der Waals surface area contributed by atoms with Gasteiger partial charge in [0.1, 0.15) is 0 Å². The minimum absolute atomic E-state index is 0.00249. The molecule has 1 aromatic rings. The molecule has 3 rings (SSSR count). The van der Waals surface area contributed by atoms with Gasteiger partial charge in [0, 0.05) is 31.7 Å². The first kappa shape index (κ1) is 27.0. The van der Waals surface area contributed by atoms with Gasteiger partial charge in [0.2, 0.25) is 0 Å². The van der Waals surface area contributed by atoms with Gasteiger partial charge in [-0.25, -0.2) is 0 Å². The van der Waals surface area contributed by atoms with Gasteiger partial charge in [-0.3, -0.25) is 9.69 Å². The van der Waals surface area contributed by atoms with Crippen molar-refractivity contribution in [3.8, 4) is 0 Å². The van der Waals surface area contributed by atoms with Crippen LogP contribution in [-0.4, -0.2) is 43.8 Å². The number of likely N-dealkylation sites (tertiary alicyclic amines) is 1. The molecule has 2 fully saturated rings. The van der Waals surface area contributed by atoms with E-state index >= 15 is 0 Å². The molecule has 34 heavy (non-hydrogen) atoms. The molecule has 0 unspecified atom stereocenters. The molecule has 0 radical (unpaired) electrons. The van der Waals surface area contributed by atoms with Crippen LogP contribution < -0.4 is 0 Å². The molecular weight excluding hydrogens is 443 g/mol. The van der Waals surface area contributed by atoms with Crippen LogP contribution in [-0.2, 0) is 20.4 Å². The largest absolute Gasteiger partial charge is 0.469 e. The summed E-state index contributed by atoms with van der Waals surface area (Å²) in [6, 6.07) is 6.03. The van der Waals surface area contributed by atoms with E-state index in [1.807, 2.05) is 0 Å². The van der Waals surface area contributed by atoms with Crippen LogP contribution in [0.25, 0.3) is 0 Å². The van der Waals surface area contributed by atoms with Crippen LogP contribution in [0.15, 0.2) is 24.3 Å². The summed E-state index contributed by atoms with van der Waals surface area (Å²) >= 11 is 0. The average molecular weight is 484 g/mol. The van der Waals surface area contributed by atoms with Crippen LogP contribution in [0, 0.1) is 17.8 Å². The summed E-state index contributed by atoms with van der Waals surface area (Å²) in [5, 5.41) is 0. The van der Waals surface area contributed by atoms with Crippen LogP contribution in [0.2, 0.25) is 0 Å². The van der Waals surface area contributed by atoms with Crippen molar-refractivity contribution in [2.24, 2.45) is 17.8 Å².